The van der Waals surface area contributed by atoms with Crippen molar-refractivity contribution >= 4 is 5.91 Å². The first kappa shape index (κ1) is 11.5. The summed E-state index contributed by atoms with van der Waals surface area (Å²) in [5, 5.41) is 9.28. The van der Waals surface area contributed by atoms with Crippen molar-refractivity contribution in [1.82, 2.24) is 16.0 Å². The molecule has 1 fully saturated rings. The second kappa shape index (κ2) is 5.32. The van der Waals surface area contributed by atoms with Crippen LogP contribution in [-0.4, -0.2) is 38.1 Å². The Hall–Kier alpha value is -0.610. The van der Waals surface area contributed by atoms with Gasteiger partial charge in [-0.3, -0.25) is 4.79 Å². The van der Waals surface area contributed by atoms with Gasteiger partial charge in [-0.2, -0.15) is 0 Å². The first-order valence-corrected chi connectivity index (χ1v) is 5.32. The Bertz CT molecular complexity index is 186. The minimum Gasteiger partial charge on any atom is -0.350 e. The summed E-state index contributed by atoms with van der Waals surface area (Å²) in [6, 6.07) is 0.643. The van der Waals surface area contributed by atoms with E-state index in [1.54, 1.807) is 7.05 Å². The van der Waals surface area contributed by atoms with Crippen LogP contribution in [0.1, 0.15) is 20.3 Å². The predicted molar refractivity (Wildman–Crippen MR) is 57.1 cm³/mol. The summed E-state index contributed by atoms with van der Waals surface area (Å²) in [6.07, 6.45) is 1.13. The lowest BCUT2D eigenvalue weighted by atomic mass is 9.89. The molecule has 0 saturated carbocycles. The number of hydrogen-bond donors (Lipinski definition) is 3. The molecule has 1 aliphatic heterocycles. The smallest absolute Gasteiger partial charge is 0.234 e. The van der Waals surface area contributed by atoms with Gasteiger partial charge in [0.2, 0.25) is 5.91 Å². The summed E-state index contributed by atoms with van der Waals surface area (Å²) >= 11 is 0. The molecule has 3 unspecified atom stereocenters. The van der Waals surface area contributed by atoms with E-state index >= 15 is 0 Å². The molecular weight excluding hydrogens is 178 g/mol. The molecule has 0 aromatic carbocycles. The van der Waals surface area contributed by atoms with Gasteiger partial charge in [-0.15, -0.1) is 0 Å². The van der Waals surface area contributed by atoms with Crippen LogP contribution in [0.25, 0.3) is 0 Å². The molecule has 1 saturated heterocycles. The summed E-state index contributed by atoms with van der Waals surface area (Å²) in [5.41, 5.74) is 0. The van der Waals surface area contributed by atoms with Crippen LogP contribution < -0.4 is 16.0 Å². The van der Waals surface area contributed by atoms with Gasteiger partial charge < -0.3 is 16.0 Å². The molecule has 4 nitrogen and oxygen atoms in total. The molecule has 4 heteroatoms. The Kier molecular flexibility index (Phi) is 4.35. The molecule has 0 aromatic heterocycles. The molecule has 3 atom stereocenters. The maximum absolute atomic E-state index is 11.4. The minimum absolute atomic E-state index is 0.0832. The van der Waals surface area contributed by atoms with E-state index in [0.717, 1.165) is 13.0 Å². The molecule has 0 spiro atoms. The van der Waals surface area contributed by atoms with Gasteiger partial charge in [-0.05, 0) is 32.9 Å². The standard InChI is InChI=1S/C10H21N3O/c1-7-4-5-12-8(2)10(7)13-9(14)6-11-3/h7-8,10-12H,4-6H2,1-3H3,(H,13,14). The highest BCUT2D eigenvalue weighted by atomic mass is 16.2. The van der Waals surface area contributed by atoms with Crippen LogP contribution >= 0.6 is 0 Å². The molecular formula is C10H21N3O. The van der Waals surface area contributed by atoms with E-state index in [2.05, 4.69) is 29.8 Å². The number of carbonyl (C=O) groups is 1. The SMILES string of the molecule is CNCC(=O)NC1C(C)CCNC1C. The van der Waals surface area contributed by atoms with Crippen LogP contribution in [0.3, 0.4) is 0 Å². The first-order chi connectivity index (χ1) is 6.65. The molecule has 82 valence electrons. The Morgan fingerprint density at radius 2 is 2.21 bits per heavy atom. The molecule has 14 heavy (non-hydrogen) atoms. The van der Waals surface area contributed by atoms with E-state index < -0.39 is 0 Å². The summed E-state index contributed by atoms with van der Waals surface area (Å²) < 4.78 is 0. The molecule has 1 rings (SSSR count). The van der Waals surface area contributed by atoms with Gasteiger partial charge >= 0.3 is 0 Å². The fraction of sp³-hybridized carbons (Fsp3) is 0.900. The summed E-state index contributed by atoms with van der Waals surface area (Å²) in [6.45, 7) is 5.78. The minimum atomic E-state index is 0.0832. The normalized spacial score (nSPS) is 32.6. The number of piperidine rings is 1. The largest absolute Gasteiger partial charge is 0.350 e. The van der Waals surface area contributed by atoms with E-state index in [0.29, 0.717) is 18.5 Å². The van der Waals surface area contributed by atoms with Crippen LogP contribution in [0, 0.1) is 5.92 Å². The van der Waals surface area contributed by atoms with E-state index in [1.165, 1.54) is 0 Å². The third-order valence-electron chi connectivity index (χ3n) is 2.88. The molecule has 1 heterocycles. The second-order valence-corrected chi connectivity index (χ2v) is 4.13. The van der Waals surface area contributed by atoms with Crippen molar-refractivity contribution in [3.05, 3.63) is 0 Å². The summed E-state index contributed by atoms with van der Waals surface area (Å²) in [4.78, 5) is 11.4. The average molecular weight is 199 g/mol. The number of hydrogen-bond acceptors (Lipinski definition) is 3. The Morgan fingerprint density at radius 3 is 2.79 bits per heavy atom. The first-order valence-electron chi connectivity index (χ1n) is 5.32. The number of rotatable bonds is 3. The van der Waals surface area contributed by atoms with Gasteiger partial charge in [0, 0.05) is 12.1 Å². The number of nitrogens with one attached hydrogen (secondary N) is 3. The van der Waals surface area contributed by atoms with Crippen molar-refractivity contribution in [2.24, 2.45) is 5.92 Å². The highest BCUT2D eigenvalue weighted by Crippen LogP contribution is 2.15. The zero-order chi connectivity index (χ0) is 10.6. The van der Waals surface area contributed by atoms with E-state index in [4.69, 9.17) is 0 Å². The number of amides is 1. The van der Waals surface area contributed by atoms with E-state index in [1.807, 2.05) is 0 Å². The lowest BCUT2D eigenvalue weighted by Crippen LogP contribution is -2.56. The van der Waals surface area contributed by atoms with Crippen molar-refractivity contribution in [3.63, 3.8) is 0 Å². The Labute approximate surface area is 85.8 Å². The molecule has 0 aliphatic carbocycles. The fourth-order valence-electron chi connectivity index (χ4n) is 2.00. The third kappa shape index (κ3) is 2.96. The maximum atomic E-state index is 11.4. The molecule has 0 bridgehead atoms. The van der Waals surface area contributed by atoms with E-state index in [-0.39, 0.29) is 11.9 Å². The van der Waals surface area contributed by atoms with Crippen molar-refractivity contribution in [2.45, 2.75) is 32.4 Å². The fourth-order valence-corrected chi connectivity index (χ4v) is 2.00. The Balaban J connectivity index is 2.43. The molecule has 1 aliphatic rings. The van der Waals surface area contributed by atoms with Gasteiger partial charge in [0.1, 0.15) is 0 Å². The lowest BCUT2D eigenvalue weighted by Gasteiger charge is -2.36. The van der Waals surface area contributed by atoms with Crippen LogP contribution in [0.2, 0.25) is 0 Å². The van der Waals surface area contributed by atoms with Crippen LogP contribution in [0.15, 0.2) is 0 Å². The van der Waals surface area contributed by atoms with Crippen molar-refractivity contribution in [3.8, 4) is 0 Å². The quantitative estimate of drug-likeness (QED) is 0.585. The van der Waals surface area contributed by atoms with Gasteiger partial charge in [0.05, 0.1) is 6.54 Å². The van der Waals surface area contributed by atoms with Crippen molar-refractivity contribution < 1.29 is 4.79 Å². The van der Waals surface area contributed by atoms with Crippen molar-refractivity contribution in [2.75, 3.05) is 20.1 Å². The Morgan fingerprint density at radius 1 is 1.50 bits per heavy atom. The van der Waals surface area contributed by atoms with Crippen LogP contribution in [0.4, 0.5) is 0 Å². The monoisotopic (exact) mass is 199 g/mol. The molecule has 1 amide bonds. The lowest BCUT2D eigenvalue weighted by molar-refractivity contribution is -0.121. The number of carbonyl (C=O) groups excluding carboxylic acids is 1. The molecule has 0 radical (unpaired) electrons. The topological polar surface area (TPSA) is 53.2 Å². The summed E-state index contributed by atoms with van der Waals surface area (Å²) in [7, 11) is 1.78. The average Bonchev–Trinajstić information content (AvgIpc) is 2.12. The van der Waals surface area contributed by atoms with Crippen molar-refractivity contribution in [1.29, 1.82) is 0 Å². The second-order valence-electron chi connectivity index (χ2n) is 4.13. The third-order valence-corrected chi connectivity index (χ3v) is 2.88. The van der Waals surface area contributed by atoms with Crippen LogP contribution in [0.5, 0.6) is 0 Å². The maximum Gasteiger partial charge on any atom is 0.234 e. The van der Waals surface area contributed by atoms with Gasteiger partial charge in [-0.25, -0.2) is 0 Å². The molecule has 3 N–H and O–H groups in total. The van der Waals surface area contributed by atoms with Crippen LogP contribution in [-0.2, 0) is 4.79 Å². The molecule has 0 aromatic rings. The number of likely N-dealkylation sites (N-methyl/N-ethyl adjacent to an activating group) is 1. The zero-order valence-electron chi connectivity index (χ0n) is 9.26. The zero-order valence-corrected chi connectivity index (χ0v) is 9.26. The predicted octanol–water partition coefficient (Wildman–Crippen LogP) is -0.291. The van der Waals surface area contributed by atoms with E-state index in [9.17, 15) is 4.79 Å². The van der Waals surface area contributed by atoms with Gasteiger partial charge in [0.25, 0.3) is 0 Å². The van der Waals surface area contributed by atoms with Gasteiger partial charge in [0.15, 0.2) is 0 Å². The highest BCUT2D eigenvalue weighted by molar-refractivity contribution is 5.78. The summed E-state index contributed by atoms with van der Waals surface area (Å²) in [5.74, 6) is 0.645. The van der Waals surface area contributed by atoms with Gasteiger partial charge in [-0.1, -0.05) is 6.92 Å². The highest BCUT2D eigenvalue weighted by Gasteiger charge is 2.28.